The van der Waals surface area contributed by atoms with Gasteiger partial charge in [0.25, 0.3) is 5.91 Å². The summed E-state index contributed by atoms with van der Waals surface area (Å²) in [6.45, 7) is 4.20. The van der Waals surface area contributed by atoms with E-state index >= 15 is 0 Å². The lowest BCUT2D eigenvalue weighted by Crippen LogP contribution is -2.15. The first-order valence-electron chi connectivity index (χ1n) is 6.32. The van der Waals surface area contributed by atoms with Crippen LogP contribution in [0, 0.1) is 5.82 Å². The van der Waals surface area contributed by atoms with Crippen molar-refractivity contribution in [3.8, 4) is 0 Å². The fourth-order valence-electron chi connectivity index (χ4n) is 2.01. The summed E-state index contributed by atoms with van der Waals surface area (Å²) >= 11 is 8.29. The van der Waals surface area contributed by atoms with Gasteiger partial charge < -0.3 is 4.57 Å². The zero-order valence-electron chi connectivity index (χ0n) is 11.3. The molecule has 2 heterocycles. The molecule has 0 bridgehead atoms. The van der Waals surface area contributed by atoms with Crippen molar-refractivity contribution in [1.82, 2.24) is 4.57 Å². The second-order valence-corrected chi connectivity index (χ2v) is 7.14. The monoisotopic (exact) mass is 352 g/mol. The number of aromatic nitrogens is 1. The van der Waals surface area contributed by atoms with Crippen LogP contribution < -0.4 is 4.80 Å². The number of thiophene rings is 1. The van der Waals surface area contributed by atoms with E-state index in [1.165, 1.54) is 34.8 Å². The van der Waals surface area contributed by atoms with Gasteiger partial charge in [-0.15, -0.1) is 17.9 Å². The van der Waals surface area contributed by atoms with E-state index in [-0.39, 0.29) is 11.7 Å². The number of carbonyl (C=O) groups is 1. The number of halogens is 2. The van der Waals surface area contributed by atoms with E-state index in [4.69, 9.17) is 11.6 Å². The van der Waals surface area contributed by atoms with E-state index in [1.54, 1.807) is 24.3 Å². The summed E-state index contributed by atoms with van der Waals surface area (Å²) in [4.78, 5) is 17.3. The number of carbonyl (C=O) groups excluding carboxylic acids is 1. The number of rotatable bonds is 3. The van der Waals surface area contributed by atoms with Crippen molar-refractivity contribution in [3.63, 3.8) is 0 Å². The van der Waals surface area contributed by atoms with Crippen molar-refractivity contribution in [2.75, 3.05) is 0 Å². The second-order valence-electron chi connectivity index (χ2n) is 4.42. The van der Waals surface area contributed by atoms with Crippen LogP contribution in [0.3, 0.4) is 0 Å². The normalized spacial score (nSPS) is 12.0. The Hall–Kier alpha value is -1.76. The summed E-state index contributed by atoms with van der Waals surface area (Å²) in [5, 5.41) is 0. The second kappa shape index (κ2) is 6.16. The van der Waals surface area contributed by atoms with Crippen LogP contribution in [0.4, 0.5) is 4.39 Å². The molecular weight excluding hydrogens is 343 g/mol. The molecule has 0 N–H and O–H groups in total. The Labute approximate surface area is 138 Å². The van der Waals surface area contributed by atoms with Gasteiger partial charge in [0.2, 0.25) is 0 Å². The average molecular weight is 353 g/mol. The van der Waals surface area contributed by atoms with Gasteiger partial charge in [0.05, 0.1) is 19.4 Å². The first-order valence-corrected chi connectivity index (χ1v) is 8.34. The van der Waals surface area contributed by atoms with Crippen molar-refractivity contribution in [2.45, 2.75) is 6.54 Å². The molecule has 0 saturated heterocycles. The predicted octanol–water partition coefficient (Wildman–Crippen LogP) is 4.48. The topological polar surface area (TPSA) is 34.4 Å². The SMILES string of the molecule is C=CCn1c(=NC(=O)c2ccc(Cl)s2)sc2cc(F)ccc21. The molecule has 1 amide bonds. The smallest absolute Gasteiger partial charge is 0.289 e. The summed E-state index contributed by atoms with van der Waals surface area (Å²) < 4.78 is 16.5. The molecule has 7 heteroatoms. The summed E-state index contributed by atoms with van der Waals surface area (Å²) in [7, 11) is 0. The molecule has 3 nitrogen and oxygen atoms in total. The fourth-order valence-corrected chi connectivity index (χ4v) is 4.00. The maximum absolute atomic E-state index is 13.4. The molecule has 0 spiro atoms. The van der Waals surface area contributed by atoms with E-state index in [9.17, 15) is 9.18 Å². The zero-order chi connectivity index (χ0) is 15.7. The van der Waals surface area contributed by atoms with E-state index in [0.29, 0.717) is 20.6 Å². The molecule has 2 aromatic heterocycles. The number of thiazole rings is 1. The molecule has 0 aliphatic rings. The first-order chi connectivity index (χ1) is 10.6. The fraction of sp³-hybridized carbons (Fsp3) is 0.0667. The Morgan fingerprint density at radius 1 is 1.36 bits per heavy atom. The van der Waals surface area contributed by atoms with Crippen LogP contribution in [0.2, 0.25) is 4.34 Å². The lowest BCUT2D eigenvalue weighted by atomic mass is 10.3. The van der Waals surface area contributed by atoms with Crippen LogP contribution >= 0.6 is 34.3 Å². The number of benzene rings is 1. The molecule has 3 aromatic rings. The summed E-state index contributed by atoms with van der Waals surface area (Å²) in [5.41, 5.74) is 0.821. The van der Waals surface area contributed by atoms with Gasteiger partial charge in [0, 0.05) is 6.54 Å². The Bertz CT molecular complexity index is 939. The minimum absolute atomic E-state index is 0.317. The van der Waals surface area contributed by atoms with Crippen molar-refractivity contribution in [3.05, 3.63) is 62.8 Å². The van der Waals surface area contributed by atoms with Gasteiger partial charge >= 0.3 is 0 Å². The third-order valence-corrected chi connectivity index (χ3v) is 5.20. The van der Waals surface area contributed by atoms with Crippen LogP contribution in [0.25, 0.3) is 10.2 Å². The Balaban J connectivity index is 2.16. The van der Waals surface area contributed by atoms with Gasteiger partial charge in [-0.1, -0.05) is 29.0 Å². The molecule has 0 saturated carbocycles. The maximum atomic E-state index is 13.4. The molecule has 3 rings (SSSR count). The zero-order valence-corrected chi connectivity index (χ0v) is 13.6. The highest BCUT2D eigenvalue weighted by Crippen LogP contribution is 2.22. The van der Waals surface area contributed by atoms with E-state index < -0.39 is 0 Å². The predicted molar refractivity (Wildman–Crippen MR) is 89.2 cm³/mol. The number of amides is 1. The highest BCUT2D eigenvalue weighted by atomic mass is 35.5. The Kier molecular flexibility index (Phi) is 4.24. The molecular formula is C15H10ClFN2OS2. The van der Waals surface area contributed by atoms with Crippen LogP contribution in [0.1, 0.15) is 9.67 Å². The van der Waals surface area contributed by atoms with Crippen molar-refractivity contribution >= 4 is 50.4 Å². The summed E-state index contributed by atoms with van der Waals surface area (Å²) in [5.74, 6) is -0.677. The Morgan fingerprint density at radius 2 is 2.18 bits per heavy atom. The van der Waals surface area contributed by atoms with Crippen LogP contribution in [0.5, 0.6) is 0 Å². The van der Waals surface area contributed by atoms with Gasteiger partial charge in [-0.05, 0) is 30.3 Å². The van der Waals surface area contributed by atoms with Crippen LogP contribution in [-0.2, 0) is 6.54 Å². The van der Waals surface area contributed by atoms with Crippen molar-refractivity contribution in [1.29, 1.82) is 0 Å². The minimum Gasteiger partial charge on any atom is -0.312 e. The quantitative estimate of drug-likeness (QED) is 0.640. The van der Waals surface area contributed by atoms with Crippen LogP contribution in [-0.4, -0.2) is 10.5 Å². The van der Waals surface area contributed by atoms with E-state index in [2.05, 4.69) is 11.6 Å². The van der Waals surface area contributed by atoms with Crippen LogP contribution in [0.15, 0.2) is 48.0 Å². The lowest BCUT2D eigenvalue weighted by Gasteiger charge is -2.00. The van der Waals surface area contributed by atoms with Gasteiger partial charge in [-0.3, -0.25) is 4.79 Å². The number of hydrogen-bond donors (Lipinski definition) is 0. The molecule has 0 aliphatic heterocycles. The van der Waals surface area contributed by atoms with Gasteiger partial charge in [-0.25, -0.2) is 4.39 Å². The summed E-state index contributed by atoms with van der Waals surface area (Å²) in [6, 6.07) is 7.80. The molecule has 0 aliphatic carbocycles. The molecule has 0 unspecified atom stereocenters. The summed E-state index contributed by atoms with van der Waals surface area (Å²) in [6.07, 6.45) is 1.71. The maximum Gasteiger partial charge on any atom is 0.289 e. The number of fused-ring (bicyclic) bond motifs is 1. The van der Waals surface area contributed by atoms with Crippen molar-refractivity contribution < 1.29 is 9.18 Å². The largest absolute Gasteiger partial charge is 0.312 e. The third kappa shape index (κ3) is 2.90. The molecule has 22 heavy (non-hydrogen) atoms. The lowest BCUT2D eigenvalue weighted by molar-refractivity contribution is 0.100. The molecule has 112 valence electrons. The minimum atomic E-state index is -0.359. The van der Waals surface area contributed by atoms with E-state index in [0.717, 1.165) is 10.2 Å². The highest BCUT2D eigenvalue weighted by molar-refractivity contribution is 7.18. The number of hydrogen-bond acceptors (Lipinski definition) is 3. The molecule has 0 radical (unpaired) electrons. The molecule has 0 atom stereocenters. The average Bonchev–Trinajstić information content (AvgIpc) is 3.04. The van der Waals surface area contributed by atoms with Gasteiger partial charge in [-0.2, -0.15) is 4.99 Å². The van der Waals surface area contributed by atoms with Gasteiger partial charge in [0.15, 0.2) is 4.80 Å². The molecule has 1 aromatic carbocycles. The molecule has 0 fully saturated rings. The van der Waals surface area contributed by atoms with E-state index in [1.807, 2.05) is 4.57 Å². The highest BCUT2D eigenvalue weighted by Gasteiger charge is 2.11. The first kappa shape index (κ1) is 15.1. The van der Waals surface area contributed by atoms with Gasteiger partial charge in [0.1, 0.15) is 5.82 Å². The number of allylic oxidation sites excluding steroid dienone is 1. The van der Waals surface area contributed by atoms with Crippen molar-refractivity contribution in [2.24, 2.45) is 4.99 Å². The third-order valence-electron chi connectivity index (χ3n) is 2.94. The Morgan fingerprint density at radius 3 is 2.86 bits per heavy atom. The standard InChI is InChI=1S/C15H10ClFN2OS2/c1-2-7-19-10-4-3-9(17)8-12(10)22-15(19)18-14(20)11-5-6-13(16)21-11/h2-6,8H,1,7H2. The number of nitrogens with zero attached hydrogens (tertiary/aromatic N) is 2.